The Bertz CT molecular complexity index is 836. The molecule has 0 N–H and O–H groups in total. The SMILES string of the molecule is CCCOC(=O)C=COC(=O)C(C#N)=C(c1ccccc1)c1ccccc1. The third-order valence-corrected chi connectivity index (χ3v) is 3.52. The molecule has 136 valence electrons. The van der Waals surface area contributed by atoms with Crippen LogP contribution >= 0.6 is 0 Å². The number of nitriles is 1. The maximum absolute atomic E-state index is 12.5. The molecule has 0 atom stereocenters. The molecule has 0 aromatic heterocycles. The molecule has 0 saturated heterocycles. The van der Waals surface area contributed by atoms with Gasteiger partial charge in [-0.25, -0.2) is 9.59 Å². The molecule has 0 unspecified atom stereocenters. The molecule has 0 aliphatic heterocycles. The maximum Gasteiger partial charge on any atom is 0.354 e. The summed E-state index contributed by atoms with van der Waals surface area (Å²) in [6.45, 7) is 2.16. The number of benzene rings is 2. The Morgan fingerprint density at radius 2 is 1.56 bits per heavy atom. The Hall–Kier alpha value is -3.65. The summed E-state index contributed by atoms with van der Waals surface area (Å²) in [5, 5.41) is 9.59. The molecule has 0 fully saturated rings. The van der Waals surface area contributed by atoms with Crippen LogP contribution in [-0.2, 0) is 19.1 Å². The molecule has 2 aromatic rings. The number of carbonyl (C=O) groups excluding carboxylic acids is 2. The van der Waals surface area contributed by atoms with E-state index in [0.717, 1.165) is 12.3 Å². The third kappa shape index (κ3) is 5.68. The predicted octanol–water partition coefficient (Wildman–Crippen LogP) is 4.02. The van der Waals surface area contributed by atoms with E-state index in [2.05, 4.69) is 0 Å². The van der Waals surface area contributed by atoms with Gasteiger partial charge in [-0.3, -0.25) is 0 Å². The van der Waals surface area contributed by atoms with Crippen molar-refractivity contribution in [2.45, 2.75) is 13.3 Å². The minimum absolute atomic E-state index is 0.154. The lowest BCUT2D eigenvalue weighted by Crippen LogP contribution is -2.08. The van der Waals surface area contributed by atoms with Gasteiger partial charge >= 0.3 is 11.9 Å². The van der Waals surface area contributed by atoms with E-state index in [-0.39, 0.29) is 12.2 Å². The molecule has 5 heteroatoms. The highest BCUT2D eigenvalue weighted by atomic mass is 16.5. The number of rotatable bonds is 7. The second-order valence-electron chi connectivity index (χ2n) is 5.47. The Balaban J connectivity index is 2.34. The summed E-state index contributed by atoms with van der Waals surface area (Å²) < 4.78 is 9.82. The number of esters is 2. The first-order chi connectivity index (χ1) is 13.2. The molecule has 5 nitrogen and oxygen atoms in total. The van der Waals surface area contributed by atoms with Gasteiger partial charge in [-0.05, 0) is 17.5 Å². The highest BCUT2D eigenvalue weighted by molar-refractivity contribution is 6.05. The second-order valence-corrected chi connectivity index (χ2v) is 5.47. The average molecular weight is 361 g/mol. The molecule has 0 amide bonds. The van der Waals surface area contributed by atoms with Crippen molar-refractivity contribution >= 4 is 17.5 Å². The lowest BCUT2D eigenvalue weighted by atomic mass is 9.93. The first-order valence-electron chi connectivity index (χ1n) is 8.46. The molecular formula is C22H19NO4. The topological polar surface area (TPSA) is 76.4 Å². The van der Waals surface area contributed by atoms with Crippen LogP contribution in [-0.4, -0.2) is 18.5 Å². The largest absolute Gasteiger partial charge is 0.462 e. The van der Waals surface area contributed by atoms with Crippen LogP contribution in [0.2, 0.25) is 0 Å². The molecule has 0 spiro atoms. The first-order valence-corrected chi connectivity index (χ1v) is 8.46. The molecule has 27 heavy (non-hydrogen) atoms. The van der Waals surface area contributed by atoms with E-state index in [4.69, 9.17) is 9.47 Å². The normalized spacial score (nSPS) is 10.1. The molecule has 0 heterocycles. The Morgan fingerprint density at radius 3 is 2.04 bits per heavy atom. The minimum Gasteiger partial charge on any atom is -0.462 e. The molecular weight excluding hydrogens is 342 g/mol. The van der Waals surface area contributed by atoms with Gasteiger partial charge in [0, 0.05) is 5.57 Å². The minimum atomic E-state index is -0.847. The van der Waals surface area contributed by atoms with Gasteiger partial charge in [-0.2, -0.15) is 5.26 Å². The lowest BCUT2D eigenvalue weighted by Gasteiger charge is -2.10. The number of carbonyl (C=O) groups is 2. The Morgan fingerprint density at radius 1 is 1.00 bits per heavy atom. The van der Waals surface area contributed by atoms with E-state index in [1.807, 2.05) is 73.7 Å². The fourth-order valence-corrected chi connectivity index (χ4v) is 2.33. The van der Waals surface area contributed by atoms with E-state index in [0.29, 0.717) is 23.1 Å². The van der Waals surface area contributed by atoms with Crippen molar-refractivity contribution in [1.82, 2.24) is 0 Å². The quantitative estimate of drug-likeness (QED) is 0.322. The van der Waals surface area contributed by atoms with Crippen molar-refractivity contribution in [3.63, 3.8) is 0 Å². The zero-order valence-corrected chi connectivity index (χ0v) is 14.9. The highest BCUT2D eigenvalue weighted by Gasteiger charge is 2.19. The first kappa shape index (κ1) is 19.7. The van der Waals surface area contributed by atoms with Gasteiger partial charge < -0.3 is 9.47 Å². The van der Waals surface area contributed by atoms with Gasteiger partial charge in [0.25, 0.3) is 0 Å². The van der Waals surface area contributed by atoms with Crippen molar-refractivity contribution in [2.75, 3.05) is 6.61 Å². The van der Waals surface area contributed by atoms with Gasteiger partial charge in [-0.1, -0.05) is 67.6 Å². The summed E-state index contributed by atoms with van der Waals surface area (Å²) in [7, 11) is 0. The van der Waals surface area contributed by atoms with Crippen molar-refractivity contribution in [3.05, 3.63) is 89.7 Å². The fourth-order valence-electron chi connectivity index (χ4n) is 2.33. The molecule has 0 aliphatic rings. The van der Waals surface area contributed by atoms with Crippen molar-refractivity contribution < 1.29 is 19.1 Å². The van der Waals surface area contributed by atoms with Crippen LogP contribution in [0, 0.1) is 11.3 Å². The van der Waals surface area contributed by atoms with Gasteiger partial charge in [0.1, 0.15) is 17.9 Å². The number of ether oxygens (including phenoxy) is 2. The molecule has 2 aromatic carbocycles. The monoisotopic (exact) mass is 361 g/mol. The third-order valence-electron chi connectivity index (χ3n) is 3.52. The van der Waals surface area contributed by atoms with Crippen LogP contribution in [0.15, 0.2) is 78.6 Å². The highest BCUT2D eigenvalue weighted by Crippen LogP contribution is 2.27. The zero-order valence-electron chi connectivity index (χ0n) is 14.9. The number of nitrogens with zero attached hydrogens (tertiary/aromatic N) is 1. The summed E-state index contributed by atoms with van der Waals surface area (Å²) >= 11 is 0. The Kier molecular flexibility index (Phi) is 7.55. The fraction of sp³-hybridized carbons (Fsp3) is 0.136. The molecule has 0 radical (unpaired) electrons. The van der Waals surface area contributed by atoms with E-state index in [9.17, 15) is 14.9 Å². The van der Waals surface area contributed by atoms with Gasteiger partial charge in [0.2, 0.25) is 0 Å². The second kappa shape index (κ2) is 10.4. The number of hydrogen-bond donors (Lipinski definition) is 0. The number of hydrogen-bond acceptors (Lipinski definition) is 5. The molecule has 0 aliphatic carbocycles. The van der Waals surface area contributed by atoms with Gasteiger partial charge in [0.05, 0.1) is 12.7 Å². The van der Waals surface area contributed by atoms with Crippen LogP contribution < -0.4 is 0 Å². The van der Waals surface area contributed by atoms with Gasteiger partial charge in [0.15, 0.2) is 0 Å². The molecule has 0 saturated carbocycles. The average Bonchev–Trinajstić information content (AvgIpc) is 2.71. The zero-order chi connectivity index (χ0) is 19.5. The summed E-state index contributed by atoms with van der Waals surface area (Å²) in [6, 6.07) is 20.2. The van der Waals surface area contributed by atoms with Crippen LogP contribution in [0.5, 0.6) is 0 Å². The summed E-state index contributed by atoms with van der Waals surface area (Å²) in [5.74, 6) is -1.46. The standard InChI is InChI=1S/C22H19NO4/c1-2-14-26-20(24)13-15-27-22(25)19(16-23)21(17-9-5-3-6-10-17)18-11-7-4-8-12-18/h3-13,15H,2,14H2,1H3. The van der Waals surface area contributed by atoms with E-state index >= 15 is 0 Å². The van der Waals surface area contributed by atoms with E-state index in [1.54, 1.807) is 0 Å². The van der Waals surface area contributed by atoms with Crippen LogP contribution in [0.3, 0.4) is 0 Å². The Labute approximate surface area is 158 Å². The van der Waals surface area contributed by atoms with Gasteiger partial charge in [-0.15, -0.1) is 0 Å². The van der Waals surface area contributed by atoms with Crippen molar-refractivity contribution in [3.8, 4) is 6.07 Å². The summed E-state index contributed by atoms with van der Waals surface area (Å²) in [4.78, 5) is 23.9. The van der Waals surface area contributed by atoms with Crippen LogP contribution in [0.4, 0.5) is 0 Å². The van der Waals surface area contributed by atoms with E-state index < -0.39 is 11.9 Å². The lowest BCUT2D eigenvalue weighted by molar-refractivity contribution is -0.138. The maximum atomic E-state index is 12.5. The van der Waals surface area contributed by atoms with E-state index in [1.165, 1.54) is 0 Å². The van der Waals surface area contributed by atoms with Crippen LogP contribution in [0.25, 0.3) is 5.57 Å². The molecule has 0 bridgehead atoms. The van der Waals surface area contributed by atoms with Crippen LogP contribution in [0.1, 0.15) is 24.5 Å². The summed E-state index contributed by atoms with van der Waals surface area (Å²) in [6.07, 6.45) is 2.64. The molecule has 2 rings (SSSR count). The summed E-state index contributed by atoms with van der Waals surface area (Å²) in [5.41, 5.74) is 1.73. The van der Waals surface area contributed by atoms with Crippen molar-refractivity contribution in [2.24, 2.45) is 0 Å². The smallest absolute Gasteiger partial charge is 0.354 e. The van der Waals surface area contributed by atoms with Crippen molar-refractivity contribution in [1.29, 1.82) is 5.26 Å². The predicted molar refractivity (Wildman–Crippen MR) is 101 cm³/mol.